The summed E-state index contributed by atoms with van der Waals surface area (Å²) in [6.45, 7) is 0.945. The van der Waals surface area contributed by atoms with E-state index in [1.54, 1.807) is 0 Å². The van der Waals surface area contributed by atoms with Gasteiger partial charge >= 0.3 is 0 Å². The quantitative estimate of drug-likeness (QED) is 0.525. The second-order valence-electron chi connectivity index (χ2n) is 9.09. The first-order valence-corrected chi connectivity index (χ1v) is 11.3. The smallest absolute Gasteiger partial charge is 0.269 e. The number of piperidine rings is 1. The van der Waals surface area contributed by atoms with Crippen LogP contribution >= 0.6 is 0 Å². The highest BCUT2D eigenvalue weighted by Gasteiger charge is 2.49. The molecule has 1 saturated heterocycles. The maximum Gasteiger partial charge on any atom is 0.269 e. The number of nitrogens with one attached hydrogen (secondary N) is 1. The molecule has 9 heteroatoms. The van der Waals surface area contributed by atoms with Crippen molar-refractivity contribution < 1.29 is 24.3 Å². The fourth-order valence-corrected chi connectivity index (χ4v) is 5.51. The summed E-state index contributed by atoms with van der Waals surface area (Å²) in [6, 6.07) is 11.5. The molecule has 2 aromatic rings. The van der Waals surface area contributed by atoms with Crippen molar-refractivity contribution in [2.24, 2.45) is 5.92 Å². The Labute approximate surface area is 191 Å². The molecule has 0 spiro atoms. The number of hydrogen-bond acceptors (Lipinski definition) is 7. The van der Waals surface area contributed by atoms with Crippen molar-refractivity contribution in [2.75, 3.05) is 25.2 Å². The Hall–Kier alpha value is -3.17. The van der Waals surface area contributed by atoms with E-state index in [1.165, 1.54) is 24.3 Å². The average Bonchev–Trinajstić information content (AvgIpc) is 3.27. The topological polar surface area (TPSA) is 114 Å². The highest BCUT2D eigenvalue weighted by atomic mass is 16.7. The number of aliphatic hydroxyl groups is 1. The van der Waals surface area contributed by atoms with Crippen molar-refractivity contribution >= 4 is 17.3 Å². The zero-order chi connectivity index (χ0) is 23.0. The van der Waals surface area contributed by atoms with Crippen molar-refractivity contribution in [1.29, 1.82) is 0 Å². The highest BCUT2D eigenvalue weighted by Crippen LogP contribution is 2.50. The number of rotatable bonds is 5. The fraction of sp³-hybridized carbons (Fsp3) is 0.458. The molecule has 33 heavy (non-hydrogen) atoms. The number of nitro groups is 1. The van der Waals surface area contributed by atoms with Gasteiger partial charge in [0.05, 0.1) is 17.1 Å². The summed E-state index contributed by atoms with van der Waals surface area (Å²) in [6.07, 6.45) is 4.37. The number of carbonyl (C=O) groups is 1. The van der Waals surface area contributed by atoms with E-state index in [-0.39, 0.29) is 36.9 Å². The lowest BCUT2D eigenvalue weighted by molar-refractivity contribution is -0.384. The van der Waals surface area contributed by atoms with Gasteiger partial charge in [-0.25, -0.2) is 0 Å². The van der Waals surface area contributed by atoms with E-state index in [0.29, 0.717) is 30.2 Å². The van der Waals surface area contributed by atoms with Gasteiger partial charge in [-0.3, -0.25) is 19.8 Å². The van der Waals surface area contributed by atoms with E-state index in [2.05, 4.69) is 10.2 Å². The van der Waals surface area contributed by atoms with Crippen LogP contribution in [-0.4, -0.2) is 46.3 Å². The zero-order valence-electron chi connectivity index (χ0n) is 18.2. The Balaban J connectivity index is 1.37. The molecule has 3 atom stereocenters. The van der Waals surface area contributed by atoms with Gasteiger partial charge in [0.25, 0.3) is 5.69 Å². The molecule has 1 aliphatic carbocycles. The van der Waals surface area contributed by atoms with Crippen LogP contribution in [0, 0.1) is 16.0 Å². The molecule has 2 N–H and O–H groups in total. The van der Waals surface area contributed by atoms with Gasteiger partial charge in [-0.2, -0.15) is 0 Å². The number of nitro benzene ring substituents is 1. The number of fused-ring (bicyclic) bond motifs is 2. The van der Waals surface area contributed by atoms with Crippen molar-refractivity contribution in [3.05, 3.63) is 58.1 Å². The number of ether oxygens (including phenoxy) is 2. The summed E-state index contributed by atoms with van der Waals surface area (Å²) in [5, 5.41) is 25.1. The predicted molar refractivity (Wildman–Crippen MR) is 120 cm³/mol. The third-order valence-electron chi connectivity index (χ3n) is 7.12. The number of non-ortho nitro benzene ring substituents is 1. The minimum atomic E-state index is -0.732. The second kappa shape index (κ2) is 8.64. The number of hydrogen-bond donors (Lipinski definition) is 2. The van der Waals surface area contributed by atoms with Gasteiger partial charge in [0.2, 0.25) is 12.7 Å². The molecule has 0 aromatic heterocycles. The molecule has 2 aromatic carbocycles. The van der Waals surface area contributed by atoms with Crippen LogP contribution < -0.4 is 14.8 Å². The van der Waals surface area contributed by atoms with Gasteiger partial charge in [-0.15, -0.1) is 0 Å². The van der Waals surface area contributed by atoms with Gasteiger partial charge in [-0.1, -0.05) is 18.9 Å². The molecule has 3 aliphatic rings. The monoisotopic (exact) mass is 453 g/mol. The zero-order valence-corrected chi connectivity index (χ0v) is 18.2. The van der Waals surface area contributed by atoms with Crippen LogP contribution in [0.4, 0.5) is 11.4 Å². The van der Waals surface area contributed by atoms with Crippen LogP contribution in [0.3, 0.4) is 0 Å². The number of nitrogens with zero attached hydrogens (tertiary/aromatic N) is 2. The summed E-state index contributed by atoms with van der Waals surface area (Å²) < 4.78 is 11.0. The third kappa shape index (κ3) is 4.26. The maximum absolute atomic E-state index is 12.9. The number of amides is 1. The number of anilines is 1. The first kappa shape index (κ1) is 21.7. The lowest BCUT2D eigenvalue weighted by Crippen LogP contribution is -2.56. The molecular weight excluding hydrogens is 426 g/mol. The van der Waals surface area contributed by atoms with E-state index < -0.39 is 10.5 Å². The van der Waals surface area contributed by atoms with Crippen LogP contribution in [0.2, 0.25) is 0 Å². The normalized spacial score (nSPS) is 26.5. The van der Waals surface area contributed by atoms with Gasteiger partial charge in [0, 0.05) is 36.3 Å². The van der Waals surface area contributed by atoms with Crippen LogP contribution in [0.5, 0.6) is 11.5 Å². The first-order chi connectivity index (χ1) is 15.9. The molecule has 0 bridgehead atoms. The van der Waals surface area contributed by atoms with Crippen LogP contribution in [0.1, 0.15) is 43.7 Å². The van der Waals surface area contributed by atoms with E-state index in [1.807, 2.05) is 18.2 Å². The maximum atomic E-state index is 12.9. The summed E-state index contributed by atoms with van der Waals surface area (Å²) in [4.78, 5) is 25.4. The Morgan fingerprint density at radius 3 is 2.73 bits per heavy atom. The van der Waals surface area contributed by atoms with Gasteiger partial charge in [0.1, 0.15) is 0 Å². The van der Waals surface area contributed by atoms with Gasteiger partial charge in [-0.05, 0) is 49.1 Å². The molecule has 174 valence electrons. The lowest BCUT2D eigenvalue weighted by atomic mass is 9.66. The molecule has 5 rings (SSSR count). The minimum Gasteiger partial charge on any atom is -0.454 e. The molecule has 1 amide bonds. The summed E-state index contributed by atoms with van der Waals surface area (Å²) >= 11 is 0. The fourth-order valence-electron chi connectivity index (χ4n) is 5.51. The molecule has 2 heterocycles. The number of carbonyl (C=O) groups excluding carboxylic acids is 1. The Bertz CT molecular complexity index is 1060. The molecule has 2 aliphatic heterocycles. The summed E-state index contributed by atoms with van der Waals surface area (Å²) in [5.74, 6) is 1.21. The molecule has 0 radical (unpaired) electrons. The third-order valence-corrected chi connectivity index (χ3v) is 7.12. The van der Waals surface area contributed by atoms with Gasteiger partial charge in [0.15, 0.2) is 11.5 Å². The predicted octanol–water partition coefficient (Wildman–Crippen LogP) is 3.63. The minimum absolute atomic E-state index is 0.0209. The largest absolute Gasteiger partial charge is 0.454 e. The van der Waals surface area contributed by atoms with Crippen LogP contribution in [0.25, 0.3) is 0 Å². The lowest BCUT2D eigenvalue weighted by Gasteiger charge is -2.52. The Morgan fingerprint density at radius 2 is 1.94 bits per heavy atom. The van der Waals surface area contributed by atoms with Crippen molar-refractivity contribution in [3.8, 4) is 11.5 Å². The van der Waals surface area contributed by atoms with E-state index >= 15 is 0 Å². The van der Waals surface area contributed by atoms with Crippen LogP contribution in [0.15, 0.2) is 42.5 Å². The molecule has 2 fully saturated rings. The SMILES string of the molecule is O=C(CN1CC[C@]2(O)CCCC[C@@H]2[C@H]1c1ccc2c(c1)OCO2)Nc1ccc([N+](=O)[O-])cc1. The van der Waals surface area contributed by atoms with E-state index in [9.17, 15) is 20.0 Å². The molecular formula is C24H27N3O6. The van der Waals surface area contributed by atoms with E-state index in [0.717, 1.165) is 31.2 Å². The first-order valence-electron chi connectivity index (χ1n) is 11.3. The second-order valence-corrected chi connectivity index (χ2v) is 9.09. The van der Waals surface area contributed by atoms with Crippen LogP contribution in [-0.2, 0) is 4.79 Å². The molecule has 9 nitrogen and oxygen atoms in total. The Morgan fingerprint density at radius 1 is 1.15 bits per heavy atom. The number of benzene rings is 2. The average molecular weight is 453 g/mol. The highest BCUT2D eigenvalue weighted by molar-refractivity contribution is 5.92. The summed E-state index contributed by atoms with van der Waals surface area (Å²) in [5.41, 5.74) is 0.761. The summed E-state index contributed by atoms with van der Waals surface area (Å²) in [7, 11) is 0. The van der Waals surface area contributed by atoms with Gasteiger partial charge < -0.3 is 19.9 Å². The molecule has 0 unspecified atom stereocenters. The van der Waals surface area contributed by atoms with Crippen molar-refractivity contribution in [3.63, 3.8) is 0 Å². The van der Waals surface area contributed by atoms with E-state index in [4.69, 9.17) is 9.47 Å². The van der Waals surface area contributed by atoms with Crippen molar-refractivity contribution in [1.82, 2.24) is 4.90 Å². The molecule has 1 saturated carbocycles. The van der Waals surface area contributed by atoms with Crippen molar-refractivity contribution in [2.45, 2.75) is 43.7 Å². The Kier molecular flexibility index (Phi) is 5.67. The standard InChI is InChI=1S/C24H27N3O6/c28-22(25-17-5-7-18(8-6-17)27(30)31)14-26-12-11-24(29)10-2-1-3-19(24)23(26)16-4-9-20-21(13-16)33-15-32-20/h4-9,13,19,23,29H,1-3,10-12,14-15H2,(H,25,28)/t19-,23-,24-/m1/s1. The number of likely N-dealkylation sites (tertiary alicyclic amines) is 1.